The third-order valence-electron chi connectivity index (χ3n) is 3.81. The van der Waals surface area contributed by atoms with Crippen LogP contribution in [0.2, 0.25) is 0 Å². The Morgan fingerprint density at radius 2 is 2.06 bits per heavy atom. The second kappa shape index (κ2) is 3.72. The van der Waals surface area contributed by atoms with Crippen LogP contribution in [0, 0.1) is 6.92 Å². The van der Waals surface area contributed by atoms with Crippen molar-refractivity contribution in [3.05, 3.63) is 17.5 Å². The minimum Gasteiger partial charge on any atom is -0.397 e. The van der Waals surface area contributed by atoms with Crippen LogP contribution in [0.15, 0.2) is 6.07 Å². The van der Waals surface area contributed by atoms with E-state index in [0.29, 0.717) is 5.92 Å². The van der Waals surface area contributed by atoms with E-state index in [1.165, 1.54) is 31.4 Å². The minimum atomic E-state index is 0.600. The molecule has 1 saturated carbocycles. The predicted octanol–water partition coefficient (Wildman–Crippen LogP) is 2.52. The van der Waals surface area contributed by atoms with Gasteiger partial charge in [0, 0.05) is 18.4 Å². The summed E-state index contributed by atoms with van der Waals surface area (Å²) in [4.78, 5) is 4.54. The maximum Gasteiger partial charge on any atom is 0.158 e. The Morgan fingerprint density at radius 3 is 2.76 bits per heavy atom. The third kappa shape index (κ3) is 1.59. The van der Waals surface area contributed by atoms with Crippen LogP contribution in [0.4, 0.5) is 5.69 Å². The van der Waals surface area contributed by atoms with Crippen molar-refractivity contribution in [2.45, 2.75) is 38.5 Å². The fraction of sp³-hybridized carbons (Fsp3) is 0.538. The molecule has 0 radical (unpaired) electrons. The van der Waals surface area contributed by atoms with Crippen LogP contribution < -0.4 is 5.73 Å². The van der Waals surface area contributed by atoms with Crippen molar-refractivity contribution in [3.63, 3.8) is 0 Å². The van der Waals surface area contributed by atoms with Crippen LogP contribution in [0.25, 0.3) is 11.0 Å². The summed E-state index contributed by atoms with van der Waals surface area (Å²) in [6, 6.07) is 2.04. The molecule has 1 aliphatic carbocycles. The molecule has 4 nitrogen and oxygen atoms in total. The Labute approximate surface area is 101 Å². The molecule has 17 heavy (non-hydrogen) atoms. The molecule has 90 valence electrons. The summed E-state index contributed by atoms with van der Waals surface area (Å²) in [5.74, 6) is 0.600. The summed E-state index contributed by atoms with van der Waals surface area (Å²) in [6.07, 6.45) is 5.13. The number of aryl methyl sites for hydroxylation is 2. The Morgan fingerprint density at radius 1 is 1.35 bits per heavy atom. The summed E-state index contributed by atoms with van der Waals surface area (Å²) in [7, 11) is 1.96. The topological polar surface area (TPSA) is 56.7 Å². The van der Waals surface area contributed by atoms with Gasteiger partial charge in [0.05, 0.1) is 17.1 Å². The predicted molar refractivity (Wildman–Crippen MR) is 68.9 cm³/mol. The second-order valence-corrected chi connectivity index (χ2v) is 5.02. The van der Waals surface area contributed by atoms with E-state index in [2.05, 4.69) is 10.1 Å². The van der Waals surface area contributed by atoms with E-state index in [1.54, 1.807) is 0 Å². The summed E-state index contributed by atoms with van der Waals surface area (Å²) >= 11 is 0. The Kier molecular flexibility index (Phi) is 2.31. The lowest BCUT2D eigenvalue weighted by atomic mass is 10.0. The second-order valence-electron chi connectivity index (χ2n) is 5.02. The van der Waals surface area contributed by atoms with Crippen LogP contribution in [0.1, 0.15) is 43.0 Å². The van der Waals surface area contributed by atoms with Gasteiger partial charge in [-0.25, -0.2) is 4.98 Å². The highest BCUT2D eigenvalue weighted by Gasteiger charge is 2.23. The third-order valence-corrected chi connectivity index (χ3v) is 3.81. The molecule has 3 rings (SSSR count). The molecule has 2 aromatic rings. The zero-order valence-corrected chi connectivity index (χ0v) is 10.4. The van der Waals surface area contributed by atoms with Gasteiger partial charge in [0.2, 0.25) is 0 Å². The fourth-order valence-electron chi connectivity index (χ4n) is 2.81. The molecular weight excluding hydrogens is 212 g/mol. The SMILES string of the molecule is Cc1nc2c(cc1N)c(C1CCCC1)nn2C. The number of nitrogen functional groups attached to an aromatic ring is 1. The van der Waals surface area contributed by atoms with Crippen molar-refractivity contribution in [2.75, 3.05) is 5.73 Å². The molecular formula is C13H18N4. The molecule has 0 spiro atoms. The van der Waals surface area contributed by atoms with E-state index in [4.69, 9.17) is 5.73 Å². The maximum atomic E-state index is 5.96. The van der Waals surface area contributed by atoms with Crippen molar-refractivity contribution in [1.82, 2.24) is 14.8 Å². The molecule has 0 atom stereocenters. The van der Waals surface area contributed by atoms with Gasteiger partial charge in [-0.05, 0) is 25.8 Å². The van der Waals surface area contributed by atoms with E-state index in [9.17, 15) is 0 Å². The van der Waals surface area contributed by atoms with Crippen molar-refractivity contribution >= 4 is 16.7 Å². The van der Waals surface area contributed by atoms with Gasteiger partial charge in [-0.2, -0.15) is 5.10 Å². The number of rotatable bonds is 1. The van der Waals surface area contributed by atoms with Crippen LogP contribution in [-0.2, 0) is 7.05 Å². The molecule has 0 amide bonds. The quantitative estimate of drug-likeness (QED) is 0.819. The fourth-order valence-corrected chi connectivity index (χ4v) is 2.81. The van der Waals surface area contributed by atoms with Gasteiger partial charge >= 0.3 is 0 Å². The number of aromatic nitrogens is 3. The van der Waals surface area contributed by atoms with Crippen molar-refractivity contribution in [1.29, 1.82) is 0 Å². The molecule has 0 aliphatic heterocycles. The first-order valence-corrected chi connectivity index (χ1v) is 6.26. The molecule has 0 aromatic carbocycles. The molecule has 0 saturated heterocycles. The Bertz CT molecular complexity index is 564. The van der Waals surface area contributed by atoms with E-state index in [0.717, 1.165) is 22.4 Å². The number of hydrogen-bond acceptors (Lipinski definition) is 3. The molecule has 1 aliphatic rings. The highest BCUT2D eigenvalue weighted by Crippen LogP contribution is 2.37. The molecule has 2 aromatic heterocycles. The molecule has 0 bridgehead atoms. The molecule has 1 fully saturated rings. The average Bonchev–Trinajstić information content (AvgIpc) is 2.90. The summed E-state index contributed by atoms with van der Waals surface area (Å²) in [6.45, 7) is 1.94. The number of nitrogens with two attached hydrogens (primary N) is 1. The monoisotopic (exact) mass is 230 g/mol. The van der Waals surface area contributed by atoms with Gasteiger partial charge in [-0.3, -0.25) is 4.68 Å². The zero-order valence-electron chi connectivity index (χ0n) is 10.4. The van der Waals surface area contributed by atoms with Gasteiger partial charge in [0.25, 0.3) is 0 Å². The number of anilines is 1. The average molecular weight is 230 g/mol. The number of hydrogen-bond donors (Lipinski definition) is 1. The highest BCUT2D eigenvalue weighted by molar-refractivity contribution is 5.82. The van der Waals surface area contributed by atoms with E-state index >= 15 is 0 Å². The minimum absolute atomic E-state index is 0.600. The molecule has 2 heterocycles. The van der Waals surface area contributed by atoms with Crippen molar-refractivity contribution in [3.8, 4) is 0 Å². The molecule has 2 N–H and O–H groups in total. The largest absolute Gasteiger partial charge is 0.397 e. The van der Waals surface area contributed by atoms with Gasteiger partial charge in [0.1, 0.15) is 0 Å². The smallest absolute Gasteiger partial charge is 0.158 e. The first kappa shape index (κ1) is 10.6. The Balaban J connectivity index is 2.21. The normalized spacial score (nSPS) is 17.1. The first-order valence-electron chi connectivity index (χ1n) is 6.26. The van der Waals surface area contributed by atoms with E-state index in [-0.39, 0.29) is 0 Å². The van der Waals surface area contributed by atoms with Crippen molar-refractivity contribution in [2.24, 2.45) is 7.05 Å². The lowest BCUT2D eigenvalue weighted by Gasteiger charge is -2.05. The summed E-state index contributed by atoms with van der Waals surface area (Å²) < 4.78 is 1.88. The van der Waals surface area contributed by atoms with Crippen molar-refractivity contribution < 1.29 is 0 Å². The van der Waals surface area contributed by atoms with E-state index in [1.807, 2.05) is 24.7 Å². The highest BCUT2D eigenvalue weighted by atomic mass is 15.3. The lowest BCUT2D eigenvalue weighted by Crippen LogP contribution is -1.96. The summed E-state index contributed by atoms with van der Waals surface area (Å²) in [5.41, 5.74) is 9.77. The van der Waals surface area contributed by atoms with Gasteiger partial charge < -0.3 is 5.73 Å². The summed E-state index contributed by atoms with van der Waals surface area (Å²) in [5, 5.41) is 5.79. The molecule has 4 heteroatoms. The zero-order chi connectivity index (χ0) is 12.0. The Hall–Kier alpha value is -1.58. The lowest BCUT2D eigenvalue weighted by molar-refractivity contribution is 0.664. The van der Waals surface area contributed by atoms with Gasteiger partial charge in [-0.1, -0.05) is 12.8 Å². The number of fused-ring (bicyclic) bond motifs is 1. The van der Waals surface area contributed by atoms with Gasteiger partial charge in [0.15, 0.2) is 5.65 Å². The van der Waals surface area contributed by atoms with Crippen LogP contribution in [0.5, 0.6) is 0 Å². The first-order chi connectivity index (χ1) is 8.16. The van der Waals surface area contributed by atoms with E-state index < -0.39 is 0 Å². The number of nitrogens with zero attached hydrogens (tertiary/aromatic N) is 3. The maximum absolute atomic E-state index is 5.96. The number of pyridine rings is 1. The van der Waals surface area contributed by atoms with Crippen LogP contribution in [0.3, 0.4) is 0 Å². The van der Waals surface area contributed by atoms with Crippen LogP contribution in [-0.4, -0.2) is 14.8 Å². The van der Waals surface area contributed by atoms with Crippen LogP contribution >= 0.6 is 0 Å². The van der Waals surface area contributed by atoms with Gasteiger partial charge in [-0.15, -0.1) is 0 Å². The standard InChI is InChI=1S/C13H18N4/c1-8-11(14)7-10-12(9-5-3-4-6-9)16-17(2)13(10)15-8/h7,9H,3-6,14H2,1-2H3. The molecule has 0 unspecified atom stereocenters.